The van der Waals surface area contributed by atoms with Crippen molar-refractivity contribution in [2.45, 2.75) is 0 Å². The molecule has 0 aliphatic rings. The molecule has 0 aromatic heterocycles. The van der Waals surface area contributed by atoms with Crippen LogP contribution < -0.4 is 0 Å². The molecule has 3 heteroatoms. The van der Waals surface area contributed by atoms with Crippen molar-refractivity contribution in [3.05, 3.63) is 12.3 Å². The summed E-state index contributed by atoms with van der Waals surface area (Å²) in [5, 5.41) is 0. The van der Waals surface area contributed by atoms with E-state index in [1.165, 1.54) is 0 Å². The normalized spacial score (nSPS) is 10.0. The third-order valence-electron chi connectivity index (χ3n) is 0.171. The van der Waals surface area contributed by atoms with Gasteiger partial charge in [0, 0.05) is 0 Å². The zero-order valence-corrected chi connectivity index (χ0v) is 6.40. The van der Waals surface area contributed by atoms with Gasteiger partial charge < -0.3 is 0 Å². The molecule has 0 saturated carbocycles. The van der Waals surface area contributed by atoms with E-state index in [1.54, 1.807) is 0 Å². The first-order chi connectivity index (χ1) is 2.41. The van der Waals surface area contributed by atoms with Crippen molar-refractivity contribution in [3.8, 4) is 0 Å². The molecule has 0 rings (SSSR count). The fourth-order valence-corrected chi connectivity index (χ4v) is 0.915. The van der Waals surface area contributed by atoms with Crippen LogP contribution >= 0.6 is 0 Å². The van der Waals surface area contributed by atoms with Crippen molar-refractivity contribution < 1.29 is 23.3 Å². The molecule has 0 bridgehead atoms. The molecule has 0 N–H and O–H groups in total. The summed E-state index contributed by atoms with van der Waals surface area (Å²) in [7, 11) is -0.316. The molecular weight excluding hydrogens is 263 g/mol. The van der Waals surface area contributed by atoms with Gasteiger partial charge in [0.1, 0.15) is 0 Å². The SMILES string of the molecule is C=C[SiH2][O][Pt]. The molecular formula is C2H5OPtSi. The Labute approximate surface area is 45.7 Å². The van der Waals surface area contributed by atoms with Crippen molar-refractivity contribution >= 4 is 9.76 Å². The maximum atomic E-state index is 4.68. The summed E-state index contributed by atoms with van der Waals surface area (Å²) in [5.74, 6) is 0. The minimum absolute atomic E-state index is 0.316. The second-order valence-corrected chi connectivity index (χ2v) is 3.61. The van der Waals surface area contributed by atoms with Gasteiger partial charge in [-0.15, -0.1) is 0 Å². The van der Waals surface area contributed by atoms with Crippen LogP contribution in [-0.4, -0.2) is 9.76 Å². The summed E-state index contributed by atoms with van der Waals surface area (Å²) in [6, 6.07) is 0. The van der Waals surface area contributed by atoms with Gasteiger partial charge in [-0.05, 0) is 0 Å². The molecule has 0 atom stereocenters. The van der Waals surface area contributed by atoms with Crippen molar-refractivity contribution in [3.63, 3.8) is 0 Å². The molecule has 5 heavy (non-hydrogen) atoms. The molecule has 33 valence electrons. The number of hydrogen-bond donors (Lipinski definition) is 0. The summed E-state index contributed by atoms with van der Waals surface area (Å²) in [6.07, 6.45) is 0. The molecule has 0 aromatic rings. The van der Waals surface area contributed by atoms with Crippen LogP contribution in [0.25, 0.3) is 0 Å². The van der Waals surface area contributed by atoms with Crippen LogP contribution in [0.15, 0.2) is 12.3 Å². The van der Waals surface area contributed by atoms with E-state index in [1.807, 2.05) is 25.9 Å². The van der Waals surface area contributed by atoms with Crippen molar-refractivity contribution in [1.29, 1.82) is 0 Å². The summed E-state index contributed by atoms with van der Waals surface area (Å²) < 4.78 is 4.68. The Balaban J connectivity index is 2.40. The molecule has 0 saturated heterocycles. The van der Waals surface area contributed by atoms with Gasteiger partial charge in [0.25, 0.3) is 0 Å². The first-order valence-electron chi connectivity index (χ1n) is 1.23. The first kappa shape index (κ1) is 5.61. The van der Waals surface area contributed by atoms with E-state index in [0.717, 1.165) is 0 Å². The Hall–Kier alpha value is 0.605. The van der Waals surface area contributed by atoms with E-state index < -0.39 is 0 Å². The number of rotatable bonds is 2. The van der Waals surface area contributed by atoms with E-state index in [4.69, 9.17) is 0 Å². The summed E-state index contributed by atoms with van der Waals surface area (Å²) >= 11 is 1.86. The van der Waals surface area contributed by atoms with Gasteiger partial charge >= 0.3 is 45.3 Å². The fourth-order valence-electron chi connectivity index (χ4n) is 0.0373. The van der Waals surface area contributed by atoms with Gasteiger partial charge in [-0.1, -0.05) is 0 Å². The fraction of sp³-hybridized carbons (Fsp3) is 0. The summed E-state index contributed by atoms with van der Waals surface area (Å²) in [4.78, 5) is 0. The average molecular weight is 268 g/mol. The van der Waals surface area contributed by atoms with Crippen LogP contribution in [0.1, 0.15) is 0 Å². The predicted octanol–water partition coefficient (Wildman–Crippen LogP) is -0.308. The van der Waals surface area contributed by atoms with Gasteiger partial charge in [-0.3, -0.25) is 0 Å². The predicted molar refractivity (Wildman–Crippen MR) is 19.8 cm³/mol. The summed E-state index contributed by atoms with van der Waals surface area (Å²) in [6.45, 7) is 3.48. The van der Waals surface area contributed by atoms with Crippen LogP contribution in [0.3, 0.4) is 0 Å². The molecule has 0 amide bonds. The third-order valence-corrected chi connectivity index (χ3v) is 1.65. The molecule has 1 nitrogen and oxygen atoms in total. The molecule has 0 spiro atoms. The maximum absolute atomic E-state index is 4.68. The molecule has 0 aromatic carbocycles. The quantitative estimate of drug-likeness (QED) is 0.624. The van der Waals surface area contributed by atoms with Crippen LogP contribution in [0.4, 0.5) is 0 Å². The zero-order valence-electron chi connectivity index (χ0n) is 2.72. The Bertz CT molecular complexity index is 30.8. The van der Waals surface area contributed by atoms with Gasteiger partial charge in [0.05, 0.1) is 0 Å². The van der Waals surface area contributed by atoms with Crippen molar-refractivity contribution in [2.75, 3.05) is 0 Å². The molecule has 0 heterocycles. The minimum atomic E-state index is -0.316. The molecule has 0 fully saturated rings. The van der Waals surface area contributed by atoms with Crippen LogP contribution in [0.2, 0.25) is 0 Å². The molecule has 0 aliphatic carbocycles. The van der Waals surface area contributed by atoms with Gasteiger partial charge in [-0.25, -0.2) is 0 Å². The van der Waals surface area contributed by atoms with Crippen LogP contribution in [0.5, 0.6) is 0 Å². The molecule has 0 unspecified atom stereocenters. The molecule has 0 radical (unpaired) electrons. The van der Waals surface area contributed by atoms with E-state index in [2.05, 4.69) is 9.66 Å². The van der Waals surface area contributed by atoms with Crippen LogP contribution in [0, 0.1) is 0 Å². The Morgan fingerprint density at radius 2 is 2.60 bits per heavy atom. The van der Waals surface area contributed by atoms with Gasteiger partial charge in [-0.2, -0.15) is 0 Å². The van der Waals surface area contributed by atoms with Crippen molar-refractivity contribution in [2.24, 2.45) is 0 Å². The average Bonchev–Trinajstić information content (AvgIpc) is 1.41. The first-order valence-corrected chi connectivity index (χ1v) is 3.56. The Morgan fingerprint density at radius 3 is 2.60 bits per heavy atom. The number of hydrogen-bond acceptors (Lipinski definition) is 1. The second kappa shape index (κ2) is 4.61. The van der Waals surface area contributed by atoms with Gasteiger partial charge in [0.2, 0.25) is 0 Å². The van der Waals surface area contributed by atoms with Crippen molar-refractivity contribution in [1.82, 2.24) is 0 Å². The summed E-state index contributed by atoms with van der Waals surface area (Å²) in [5.41, 5.74) is 1.84. The third kappa shape index (κ3) is 4.61. The van der Waals surface area contributed by atoms with E-state index in [0.29, 0.717) is 0 Å². The van der Waals surface area contributed by atoms with E-state index in [-0.39, 0.29) is 9.76 Å². The van der Waals surface area contributed by atoms with Gasteiger partial charge in [0.15, 0.2) is 0 Å². The van der Waals surface area contributed by atoms with E-state index in [9.17, 15) is 0 Å². The molecule has 0 aliphatic heterocycles. The Kier molecular flexibility index (Phi) is 5.16. The second-order valence-electron chi connectivity index (χ2n) is 0.547. The zero-order chi connectivity index (χ0) is 4.12. The van der Waals surface area contributed by atoms with Crippen LogP contribution in [-0.2, 0) is 23.3 Å². The Morgan fingerprint density at radius 1 is 2.00 bits per heavy atom. The monoisotopic (exact) mass is 268 g/mol. The standard InChI is InChI=1S/C2H5OSi.Pt/c1-2-4-3;/h2H,1,4H2;/q-1;+1. The topological polar surface area (TPSA) is 9.23 Å². The van der Waals surface area contributed by atoms with E-state index >= 15 is 0 Å².